The molecular formula is C20H24N2O4. The molecule has 0 aromatic carbocycles. The number of hydrogen-bond donors (Lipinski definition) is 0. The SMILES string of the molecule is CCc1ccc(OC(=O)CCC(=O)Oc2ccc(CC)nc2C)c(C)n1. The summed E-state index contributed by atoms with van der Waals surface area (Å²) < 4.78 is 10.6. The number of pyridine rings is 2. The van der Waals surface area contributed by atoms with Crippen molar-refractivity contribution in [1.82, 2.24) is 9.97 Å². The smallest absolute Gasteiger partial charge is 0.311 e. The highest BCUT2D eigenvalue weighted by Gasteiger charge is 2.14. The largest absolute Gasteiger partial charge is 0.425 e. The molecule has 0 saturated carbocycles. The number of carbonyl (C=O) groups excluding carboxylic acids is 2. The molecule has 0 fully saturated rings. The van der Waals surface area contributed by atoms with Crippen LogP contribution in [0.5, 0.6) is 11.5 Å². The molecule has 0 aliphatic carbocycles. The molecule has 26 heavy (non-hydrogen) atoms. The van der Waals surface area contributed by atoms with Gasteiger partial charge in [-0.05, 0) is 51.0 Å². The number of aryl methyl sites for hydroxylation is 4. The highest BCUT2D eigenvalue weighted by atomic mass is 16.5. The van der Waals surface area contributed by atoms with Gasteiger partial charge in [-0.1, -0.05) is 13.8 Å². The second kappa shape index (κ2) is 9.08. The zero-order valence-corrected chi connectivity index (χ0v) is 15.7. The molecule has 0 amide bonds. The van der Waals surface area contributed by atoms with Crippen LogP contribution in [0.2, 0.25) is 0 Å². The Morgan fingerprint density at radius 1 is 0.769 bits per heavy atom. The second-order valence-electron chi connectivity index (χ2n) is 5.93. The van der Waals surface area contributed by atoms with Gasteiger partial charge in [-0.15, -0.1) is 0 Å². The number of carbonyl (C=O) groups is 2. The Morgan fingerprint density at radius 2 is 1.15 bits per heavy atom. The molecule has 2 heterocycles. The summed E-state index contributed by atoms with van der Waals surface area (Å²) in [6, 6.07) is 7.09. The Morgan fingerprint density at radius 3 is 1.46 bits per heavy atom. The first-order valence-electron chi connectivity index (χ1n) is 8.77. The van der Waals surface area contributed by atoms with Crippen molar-refractivity contribution in [2.24, 2.45) is 0 Å². The first kappa shape index (κ1) is 19.6. The van der Waals surface area contributed by atoms with Crippen LogP contribution in [-0.4, -0.2) is 21.9 Å². The summed E-state index contributed by atoms with van der Waals surface area (Å²) in [4.78, 5) is 32.6. The zero-order chi connectivity index (χ0) is 19.1. The normalized spacial score (nSPS) is 10.5. The quantitative estimate of drug-likeness (QED) is 0.707. The molecule has 138 valence electrons. The number of esters is 2. The van der Waals surface area contributed by atoms with Gasteiger partial charge >= 0.3 is 11.9 Å². The number of aromatic nitrogens is 2. The topological polar surface area (TPSA) is 78.4 Å². The lowest BCUT2D eigenvalue weighted by atomic mass is 10.2. The molecule has 0 bridgehead atoms. The summed E-state index contributed by atoms with van der Waals surface area (Å²) in [5.41, 5.74) is 3.17. The molecule has 0 N–H and O–H groups in total. The summed E-state index contributed by atoms with van der Waals surface area (Å²) in [6.07, 6.45) is 1.50. The van der Waals surface area contributed by atoms with Crippen molar-refractivity contribution >= 4 is 11.9 Å². The van der Waals surface area contributed by atoms with Crippen LogP contribution in [-0.2, 0) is 22.4 Å². The third-order valence-corrected chi connectivity index (χ3v) is 3.90. The monoisotopic (exact) mass is 356 g/mol. The van der Waals surface area contributed by atoms with Gasteiger partial charge < -0.3 is 9.47 Å². The van der Waals surface area contributed by atoms with E-state index in [0.717, 1.165) is 24.2 Å². The number of hydrogen-bond acceptors (Lipinski definition) is 6. The van der Waals surface area contributed by atoms with Crippen molar-refractivity contribution in [1.29, 1.82) is 0 Å². The van der Waals surface area contributed by atoms with Crippen LogP contribution in [0.25, 0.3) is 0 Å². The molecule has 0 radical (unpaired) electrons. The van der Waals surface area contributed by atoms with Gasteiger partial charge in [0.25, 0.3) is 0 Å². The predicted octanol–water partition coefficient (Wildman–Crippen LogP) is 3.51. The fourth-order valence-corrected chi connectivity index (χ4v) is 2.36. The molecule has 0 spiro atoms. The van der Waals surface area contributed by atoms with E-state index in [-0.39, 0.29) is 12.8 Å². The Hall–Kier alpha value is -2.76. The van der Waals surface area contributed by atoms with E-state index in [1.54, 1.807) is 26.0 Å². The summed E-state index contributed by atoms with van der Waals surface area (Å²) in [5.74, 6) is -0.161. The van der Waals surface area contributed by atoms with Gasteiger partial charge in [0.2, 0.25) is 0 Å². The van der Waals surface area contributed by atoms with Gasteiger partial charge in [0.15, 0.2) is 11.5 Å². The molecule has 6 nitrogen and oxygen atoms in total. The van der Waals surface area contributed by atoms with E-state index in [2.05, 4.69) is 9.97 Å². The minimum atomic E-state index is -0.493. The summed E-state index contributed by atoms with van der Waals surface area (Å²) in [7, 11) is 0. The van der Waals surface area contributed by atoms with E-state index >= 15 is 0 Å². The standard InChI is InChI=1S/C20H24N2O4/c1-5-15-7-9-17(13(3)21-15)25-19(23)11-12-20(24)26-18-10-8-16(6-2)22-14(18)4/h7-10H,5-6,11-12H2,1-4H3. The van der Waals surface area contributed by atoms with Crippen LogP contribution >= 0.6 is 0 Å². The van der Waals surface area contributed by atoms with Crippen molar-refractivity contribution in [2.45, 2.75) is 53.4 Å². The number of nitrogens with zero attached hydrogens (tertiary/aromatic N) is 2. The minimum absolute atomic E-state index is 0.0622. The van der Waals surface area contributed by atoms with Gasteiger partial charge in [-0.2, -0.15) is 0 Å². The van der Waals surface area contributed by atoms with E-state index in [1.165, 1.54) is 0 Å². The number of ether oxygens (including phenoxy) is 2. The number of rotatable bonds is 7. The van der Waals surface area contributed by atoms with E-state index < -0.39 is 11.9 Å². The Balaban J connectivity index is 1.86. The van der Waals surface area contributed by atoms with Crippen molar-refractivity contribution in [2.75, 3.05) is 0 Å². The second-order valence-corrected chi connectivity index (χ2v) is 5.93. The van der Waals surface area contributed by atoms with E-state index in [0.29, 0.717) is 22.9 Å². The highest BCUT2D eigenvalue weighted by Crippen LogP contribution is 2.19. The predicted molar refractivity (Wildman–Crippen MR) is 97.2 cm³/mol. The van der Waals surface area contributed by atoms with Gasteiger partial charge in [0, 0.05) is 11.4 Å². The van der Waals surface area contributed by atoms with Crippen molar-refractivity contribution in [3.8, 4) is 11.5 Å². The molecule has 0 unspecified atom stereocenters. The lowest BCUT2D eigenvalue weighted by molar-refractivity contribution is -0.140. The van der Waals surface area contributed by atoms with E-state index in [4.69, 9.17) is 9.47 Å². The van der Waals surface area contributed by atoms with Crippen molar-refractivity contribution < 1.29 is 19.1 Å². The van der Waals surface area contributed by atoms with Crippen LogP contribution in [0.15, 0.2) is 24.3 Å². The van der Waals surface area contributed by atoms with Crippen LogP contribution in [0.3, 0.4) is 0 Å². The first-order chi connectivity index (χ1) is 12.4. The van der Waals surface area contributed by atoms with E-state index in [9.17, 15) is 9.59 Å². The molecule has 0 aliphatic rings. The third kappa shape index (κ3) is 5.37. The average molecular weight is 356 g/mol. The fraction of sp³-hybridized carbons (Fsp3) is 0.400. The maximum absolute atomic E-state index is 12.0. The van der Waals surface area contributed by atoms with Gasteiger partial charge in [0.1, 0.15) is 0 Å². The lowest BCUT2D eigenvalue weighted by Gasteiger charge is -2.09. The Labute approximate surface area is 153 Å². The first-order valence-corrected chi connectivity index (χ1v) is 8.77. The summed E-state index contributed by atoms with van der Waals surface area (Å²) in [6.45, 7) is 7.58. The maximum Gasteiger partial charge on any atom is 0.311 e. The molecule has 2 aromatic rings. The average Bonchev–Trinajstić information content (AvgIpc) is 2.63. The Bertz CT molecular complexity index is 735. The molecule has 6 heteroatoms. The molecular weight excluding hydrogens is 332 g/mol. The zero-order valence-electron chi connectivity index (χ0n) is 15.7. The van der Waals surface area contributed by atoms with Crippen LogP contribution < -0.4 is 9.47 Å². The van der Waals surface area contributed by atoms with Crippen molar-refractivity contribution in [3.05, 3.63) is 47.0 Å². The van der Waals surface area contributed by atoms with Gasteiger partial charge in [-0.25, -0.2) is 0 Å². The van der Waals surface area contributed by atoms with E-state index in [1.807, 2.05) is 26.0 Å². The van der Waals surface area contributed by atoms with Gasteiger partial charge in [0.05, 0.1) is 24.2 Å². The van der Waals surface area contributed by atoms with Crippen molar-refractivity contribution in [3.63, 3.8) is 0 Å². The molecule has 0 saturated heterocycles. The molecule has 2 rings (SSSR count). The third-order valence-electron chi connectivity index (χ3n) is 3.90. The van der Waals surface area contributed by atoms with Crippen LogP contribution in [0.4, 0.5) is 0 Å². The van der Waals surface area contributed by atoms with Crippen LogP contribution in [0, 0.1) is 13.8 Å². The molecule has 0 aliphatic heterocycles. The van der Waals surface area contributed by atoms with Gasteiger partial charge in [-0.3, -0.25) is 19.6 Å². The summed E-state index contributed by atoms with van der Waals surface area (Å²) in [5, 5.41) is 0. The Kier molecular flexibility index (Phi) is 6.83. The van der Waals surface area contributed by atoms with Crippen LogP contribution in [0.1, 0.15) is 49.5 Å². The summed E-state index contributed by atoms with van der Waals surface area (Å²) >= 11 is 0. The lowest BCUT2D eigenvalue weighted by Crippen LogP contribution is -2.15. The minimum Gasteiger partial charge on any atom is -0.425 e. The molecule has 2 aromatic heterocycles. The fourth-order valence-electron chi connectivity index (χ4n) is 2.36. The maximum atomic E-state index is 12.0. The molecule has 0 atom stereocenters. The highest BCUT2D eigenvalue weighted by molar-refractivity contribution is 5.80.